The molecule has 4 aromatic rings. The summed E-state index contributed by atoms with van der Waals surface area (Å²) in [5.41, 5.74) is -1.81. The normalized spacial score (nSPS) is 11.6. The summed E-state index contributed by atoms with van der Waals surface area (Å²) >= 11 is 5.94. The molecule has 0 N–H and O–H groups in total. The molecule has 0 radical (unpaired) electrons. The van der Waals surface area contributed by atoms with Gasteiger partial charge < -0.3 is 0 Å². The Labute approximate surface area is 212 Å². The zero-order chi connectivity index (χ0) is 26.7. The second-order valence-corrected chi connectivity index (χ2v) is 8.69. The van der Waals surface area contributed by atoms with Crippen LogP contribution in [0.4, 0.5) is 22.0 Å². The number of hydrogen-bond donors (Lipinski definition) is 0. The fraction of sp³-hybridized carbons (Fsp3) is 0.192. The summed E-state index contributed by atoms with van der Waals surface area (Å²) in [5, 5.41) is 4.67. The van der Waals surface area contributed by atoms with E-state index in [1.54, 1.807) is 30.3 Å². The van der Waals surface area contributed by atoms with Crippen molar-refractivity contribution in [3.63, 3.8) is 0 Å². The van der Waals surface area contributed by atoms with Crippen LogP contribution in [0.25, 0.3) is 11.4 Å². The predicted molar refractivity (Wildman–Crippen MR) is 127 cm³/mol. The van der Waals surface area contributed by atoms with E-state index in [0.29, 0.717) is 10.6 Å². The minimum atomic E-state index is -4.78. The summed E-state index contributed by atoms with van der Waals surface area (Å²) in [5.74, 6) is -2.09. The highest BCUT2D eigenvalue weighted by molar-refractivity contribution is 6.30. The molecule has 0 fully saturated rings. The van der Waals surface area contributed by atoms with E-state index in [-0.39, 0.29) is 17.9 Å². The predicted octanol–water partition coefficient (Wildman–Crippen LogP) is 5.91. The second kappa shape index (κ2) is 10.7. The minimum absolute atomic E-state index is 0.145. The van der Waals surface area contributed by atoms with Crippen LogP contribution in [0.2, 0.25) is 5.02 Å². The molecule has 5 nitrogen and oxygen atoms in total. The summed E-state index contributed by atoms with van der Waals surface area (Å²) < 4.78 is 70.2. The number of hydrogen-bond acceptors (Lipinski definition) is 3. The van der Waals surface area contributed by atoms with Gasteiger partial charge in [-0.3, -0.25) is 9.36 Å². The van der Waals surface area contributed by atoms with Crippen molar-refractivity contribution < 1.29 is 26.7 Å². The Balaban J connectivity index is 1.62. The van der Waals surface area contributed by atoms with Gasteiger partial charge in [-0.1, -0.05) is 35.9 Å². The fourth-order valence-corrected chi connectivity index (χ4v) is 4.01. The van der Waals surface area contributed by atoms with Crippen molar-refractivity contribution in [3.05, 3.63) is 111 Å². The van der Waals surface area contributed by atoms with Crippen molar-refractivity contribution >= 4 is 17.4 Å². The summed E-state index contributed by atoms with van der Waals surface area (Å²) in [6.07, 6.45) is -5.74. The first-order chi connectivity index (χ1) is 17.5. The second-order valence-electron chi connectivity index (χ2n) is 8.25. The third-order valence-electron chi connectivity index (χ3n) is 5.72. The van der Waals surface area contributed by atoms with Crippen molar-refractivity contribution in [2.75, 3.05) is 0 Å². The van der Waals surface area contributed by atoms with Crippen LogP contribution in [0.1, 0.15) is 23.1 Å². The van der Waals surface area contributed by atoms with Crippen LogP contribution in [0.15, 0.2) is 71.5 Å². The smallest absolute Gasteiger partial charge is 0.298 e. The molecule has 1 aromatic heterocycles. The van der Waals surface area contributed by atoms with Gasteiger partial charge >= 0.3 is 11.9 Å². The maximum Gasteiger partial charge on any atom is 0.416 e. The molecule has 4 rings (SSSR count). The van der Waals surface area contributed by atoms with E-state index in [4.69, 9.17) is 11.6 Å². The number of benzene rings is 3. The van der Waals surface area contributed by atoms with Crippen molar-refractivity contribution in [1.82, 2.24) is 14.3 Å². The van der Waals surface area contributed by atoms with Gasteiger partial charge in [-0.15, -0.1) is 5.10 Å². The Bertz CT molecular complexity index is 1490. The van der Waals surface area contributed by atoms with Crippen molar-refractivity contribution in [1.29, 1.82) is 0 Å². The van der Waals surface area contributed by atoms with E-state index in [9.17, 15) is 31.5 Å². The Morgan fingerprint density at radius 1 is 0.919 bits per heavy atom. The van der Waals surface area contributed by atoms with Crippen LogP contribution in [0, 0.1) is 11.6 Å². The average molecular weight is 536 g/mol. The molecular weight excluding hydrogens is 517 g/mol. The van der Waals surface area contributed by atoms with Gasteiger partial charge in [0.1, 0.15) is 18.2 Å². The summed E-state index contributed by atoms with van der Waals surface area (Å²) in [4.78, 5) is 25.8. The first-order valence-electron chi connectivity index (χ1n) is 11.1. The van der Waals surface area contributed by atoms with Crippen molar-refractivity contribution in [2.24, 2.45) is 0 Å². The number of nitrogens with zero attached hydrogens (tertiary/aromatic N) is 3. The van der Waals surface area contributed by atoms with Crippen LogP contribution in [-0.4, -0.2) is 20.1 Å². The lowest BCUT2D eigenvalue weighted by atomic mass is 10.0. The highest BCUT2D eigenvalue weighted by Crippen LogP contribution is 2.33. The zero-order valence-electron chi connectivity index (χ0n) is 19.1. The van der Waals surface area contributed by atoms with E-state index in [1.807, 2.05) is 0 Å². The van der Waals surface area contributed by atoms with Crippen LogP contribution in [0.5, 0.6) is 0 Å². The van der Waals surface area contributed by atoms with Crippen LogP contribution in [0.3, 0.4) is 0 Å². The number of halogens is 6. The largest absolute Gasteiger partial charge is 0.416 e. The zero-order valence-corrected chi connectivity index (χ0v) is 19.9. The maximum absolute atomic E-state index is 14.3. The quantitative estimate of drug-likeness (QED) is 0.264. The lowest BCUT2D eigenvalue weighted by Crippen LogP contribution is -2.28. The molecule has 0 amide bonds. The minimum Gasteiger partial charge on any atom is -0.298 e. The Morgan fingerprint density at radius 2 is 1.59 bits per heavy atom. The standard InChI is InChI=1S/C26H19ClF5N3O2/c27-18-10-8-16(9-11-18)24-33-35(25(37)34(24)14-17-4-1-2-6-22(17)28)15-19(36)12-13-20-21(26(30,31)32)5-3-7-23(20)29/h1-11H,12-15H2. The monoisotopic (exact) mass is 535 g/mol. The topological polar surface area (TPSA) is 56.9 Å². The number of carbonyl (C=O) groups excluding carboxylic acids is 1. The van der Waals surface area contributed by atoms with Gasteiger partial charge in [0.2, 0.25) is 0 Å². The SMILES string of the molecule is O=C(CCc1c(F)cccc1C(F)(F)F)Cn1nc(-c2ccc(Cl)cc2)n(Cc2ccccc2F)c1=O. The molecule has 37 heavy (non-hydrogen) atoms. The van der Waals surface area contributed by atoms with Gasteiger partial charge in [-0.2, -0.15) is 13.2 Å². The third-order valence-corrected chi connectivity index (χ3v) is 5.97. The Hall–Kier alpha value is -3.79. The van der Waals surface area contributed by atoms with Crippen molar-refractivity contribution in [3.8, 4) is 11.4 Å². The maximum atomic E-state index is 14.3. The van der Waals surface area contributed by atoms with Gasteiger partial charge in [-0.05, 0) is 48.9 Å². The van der Waals surface area contributed by atoms with Gasteiger partial charge in [0, 0.05) is 28.1 Å². The number of rotatable bonds is 8. The van der Waals surface area contributed by atoms with Gasteiger partial charge in [0.25, 0.3) is 0 Å². The van der Waals surface area contributed by atoms with Crippen LogP contribution < -0.4 is 5.69 Å². The molecule has 0 unspecified atom stereocenters. The van der Waals surface area contributed by atoms with E-state index in [2.05, 4.69) is 5.10 Å². The van der Waals surface area contributed by atoms with Gasteiger partial charge in [-0.25, -0.2) is 18.3 Å². The molecule has 0 aliphatic rings. The van der Waals surface area contributed by atoms with E-state index in [1.165, 1.54) is 22.8 Å². The number of alkyl halides is 3. The van der Waals surface area contributed by atoms with Gasteiger partial charge in [0.15, 0.2) is 11.6 Å². The lowest BCUT2D eigenvalue weighted by Gasteiger charge is -2.13. The summed E-state index contributed by atoms with van der Waals surface area (Å²) in [7, 11) is 0. The van der Waals surface area contributed by atoms with E-state index >= 15 is 0 Å². The van der Waals surface area contributed by atoms with Crippen molar-refractivity contribution in [2.45, 2.75) is 32.1 Å². The number of Topliss-reactive ketones (excluding diaryl/α,β-unsaturated/α-hetero) is 1. The fourth-order valence-electron chi connectivity index (χ4n) is 3.88. The average Bonchev–Trinajstić information content (AvgIpc) is 3.14. The van der Waals surface area contributed by atoms with E-state index in [0.717, 1.165) is 22.9 Å². The molecular formula is C26H19ClF5N3O2. The van der Waals surface area contributed by atoms with Crippen LogP contribution in [-0.2, 0) is 30.5 Å². The van der Waals surface area contributed by atoms with Crippen LogP contribution >= 0.6 is 11.6 Å². The molecule has 0 saturated heterocycles. The summed E-state index contributed by atoms with van der Waals surface area (Å²) in [6.45, 7) is -0.735. The molecule has 0 atom stereocenters. The molecule has 1 heterocycles. The first-order valence-corrected chi connectivity index (χ1v) is 11.5. The molecule has 0 aliphatic carbocycles. The third kappa shape index (κ3) is 5.96. The molecule has 192 valence electrons. The number of carbonyl (C=O) groups is 1. The molecule has 0 saturated carbocycles. The highest BCUT2D eigenvalue weighted by Gasteiger charge is 2.34. The van der Waals surface area contributed by atoms with E-state index < -0.39 is 59.8 Å². The molecule has 3 aromatic carbocycles. The summed E-state index contributed by atoms with van der Waals surface area (Å²) in [6, 6.07) is 14.8. The Morgan fingerprint density at radius 3 is 2.27 bits per heavy atom. The number of ketones is 1. The molecule has 11 heteroatoms. The molecule has 0 bridgehead atoms. The number of aromatic nitrogens is 3. The first kappa shape index (κ1) is 26.3. The van der Waals surface area contributed by atoms with Gasteiger partial charge in [0.05, 0.1) is 12.1 Å². The Kier molecular flexibility index (Phi) is 7.58. The lowest BCUT2D eigenvalue weighted by molar-refractivity contribution is -0.138. The molecule has 0 aliphatic heterocycles. The highest BCUT2D eigenvalue weighted by atomic mass is 35.5. The molecule has 0 spiro atoms.